The van der Waals surface area contributed by atoms with E-state index in [2.05, 4.69) is 0 Å². The van der Waals surface area contributed by atoms with Crippen molar-refractivity contribution in [3.63, 3.8) is 0 Å². The molecule has 0 saturated carbocycles. The van der Waals surface area contributed by atoms with Crippen molar-refractivity contribution in [2.24, 2.45) is 0 Å². The van der Waals surface area contributed by atoms with E-state index >= 15 is 0 Å². The number of nitriles is 2. The van der Waals surface area contributed by atoms with Crippen molar-refractivity contribution in [3.05, 3.63) is 0 Å². The number of carbonyl (C=O) groups is 1. The van der Waals surface area contributed by atoms with Crippen LogP contribution in [0.15, 0.2) is 0 Å². The summed E-state index contributed by atoms with van der Waals surface area (Å²) in [6, 6.07) is 4.02. The monoisotopic (exact) mass is 398 g/mol. The fourth-order valence-electron chi connectivity index (χ4n) is 3.08. The van der Waals surface area contributed by atoms with Crippen molar-refractivity contribution >= 4 is 16.1 Å². The van der Waals surface area contributed by atoms with E-state index in [1.54, 1.807) is 0 Å². The van der Waals surface area contributed by atoms with Crippen molar-refractivity contribution in [1.29, 1.82) is 10.5 Å². The van der Waals surface area contributed by atoms with Crippen molar-refractivity contribution < 1.29 is 17.9 Å². The molecular formula is C16H26N6O4S. The maximum absolute atomic E-state index is 12.7. The third-order valence-electron chi connectivity index (χ3n) is 4.65. The number of rotatable bonds is 8. The first kappa shape index (κ1) is 21.5. The SMILES string of the molecule is N#CCCN(CCC#N)C(=O)CN1CCN(S(=O)(=O)N2CCOCC2)CC1. The van der Waals surface area contributed by atoms with E-state index in [1.807, 2.05) is 17.0 Å². The van der Waals surface area contributed by atoms with Gasteiger partial charge in [0, 0.05) is 52.4 Å². The molecule has 0 bridgehead atoms. The fraction of sp³-hybridized carbons (Fsp3) is 0.812. The number of amides is 1. The van der Waals surface area contributed by atoms with Gasteiger partial charge >= 0.3 is 0 Å². The Morgan fingerprint density at radius 3 is 1.96 bits per heavy atom. The summed E-state index contributed by atoms with van der Waals surface area (Å²) in [5.41, 5.74) is 0. The number of carbonyl (C=O) groups excluding carboxylic acids is 1. The van der Waals surface area contributed by atoms with Gasteiger partial charge in [0.05, 0.1) is 44.7 Å². The van der Waals surface area contributed by atoms with Gasteiger partial charge in [0.2, 0.25) is 5.91 Å². The van der Waals surface area contributed by atoms with Crippen molar-refractivity contribution in [2.45, 2.75) is 12.8 Å². The molecule has 27 heavy (non-hydrogen) atoms. The summed E-state index contributed by atoms with van der Waals surface area (Å²) in [7, 11) is -3.48. The van der Waals surface area contributed by atoms with Gasteiger partial charge < -0.3 is 9.64 Å². The second-order valence-electron chi connectivity index (χ2n) is 6.39. The Hall–Kier alpha value is -1.76. The van der Waals surface area contributed by atoms with Gasteiger partial charge in [-0.25, -0.2) is 0 Å². The Balaban J connectivity index is 1.84. The first-order valence-corrected chi connectivity index (χ1v) is 10.5. The van der Waals surface area contributed by atoms with Crippen molar-refractivity contribution in [2.75, 3.05) is 72.1 Å². The third kappa shape index (κ3) is 6.13. The normalized spacial score (nSPS) is 19.9. The first-order chi connectivity index (χ1) is 13.0. The maximum Gasteiger partial charge on any atom is 0.282 e. The number of piperazine rings is 1. The standard InChI is InChI=1S/C16H26N6O4S/c17-3-1-5-20(6-2-4-18)16(23)15-19-7-9-21(10-8-19)27(24,25)22-11-13-26-14-12-22/h1-2,5-15H2. The van der Waals surface area contributed by atoms with Crippen LogP contribution < -0.4 is 0 Å². The predicted octanol–water partition coefficient (Wildman–Crippen LogP) is -1.16. The fourth-order valence-corrected chi connectivity index (χ4v) is 4.64. The highest BCUT2D eigenvalue weighted by Crippen LogP contribution is 2.14. The lowest BCUT2D eigenvalue weighted by atomic mass is 10.3. The zero-order valence-electron chi connectivity index (χ0n) is 15.4. The summed E-state index contributed by atoms with van der Waals surface area (Å²) in [6.45, 7) is 3.96. The zero-order chi connectivity index (χ0) is 19.7. The largest absolute Gasteiger partial charge is 0.379 e. The summed E-state index contributed by atoms with van der Waals surface area (Å²) in [4.78, 5) is 15.9. The number of hydrogen-bond acceptors (Lipinski definition) is 7. The summed E-state index contributed by atoms with van der Waals surface area (Å²) >= 11 is 0. The lowest BCUT2D eigenvalue weighted by Gasteiger charge is -2.37. The highest BCUT2D eigenvalue weighted by Gasteiger charge is 2.33. The van der Waals surface area contributed by atoms with Crippen LogP contribution in [0.5, 0.6) is 0 Å². The van der Waals surface area contributed by atoms with Crippen molar-refractivity contribution in [3.8, 4) is 12.1 Å². The van der Waals surface area contributed by atoms with Crippen LogP contribution in [0.25, 0.3) is 0 Å². The predicted molar refractivity (Wildman–Crippen MR) is 96.4 cm³/mol. The smallest absolute Gasteiger partial charge is 0.282 e. The van der Waals surface area contributed by atoms with E-state index in [9.17, 15) is 13.2 Å². The van der Waals surface area contributed by atoms with Crippen LogP contribution in [-0.4, -0.2) is 105 Å². The quantitative estimate of drug-likeness (QED) is 0.505. The first-order valence-electron chi connectivity index (χ1n) is 9.06. The molecule has 0 radical (unpaired) electrons. The van der Waals surface area contributed by atoms with Crippen molar-refractivity contribution in [1.82, 2.24) is 18.4 Å². The number of morpholine rings is 1. The Kier molecular flexibility index (Phi) is 8.41. The maximum atomic E-state index is 12.7. The average Bonchev–Trinajstić information content (AvgIpc) is 2.69. The Labute approximate surface area is 160 Å². The number of ether oxygens (including phenoxy) is 1. The molecule has 0 atom stereocenters. The van der Waals surface area contributed by atoms with Crippen LogP contribution >= 0.6 is 0 Å². The van der Waals surface area contributed by atoms with E-state index in [4.69, 9.17) is 15.3 Å². The molecule has 2 saturated heterocycles. The molecule has 2 heterocycles. The van der Waals surface area contributed by atoms with Gasteiger partial charge in [-0.3, -0.25) is 9.69 Å². The van der Waals surface area contributed by atoms with E-state index < -0.39 is 10.2 Å². The van der Waals surface area contributed by atoms with Crippen LogP contribution in [0.1, 0.15) is 12.8 Å². The molecule has 2 rings (SSSR count). The second kappa shape index (κ2) is 10.5. The Morgan fingerprint density at radius 1 is 0.926 bits per heavy atom. The highest BCUT2D eigenvalue weighted by atomic mass is 32.2. The summed E-state index contributed by atoms with van der Waals surface area (Å²) in [5.74, 6) is -0.134. The minimum Gasteiger partial charge on any atom is -0.379 e. The van der Waals surface area contributed by atoms with Crippen LogP contribution in [-0.2, 0) is 19.7 Å². The lowest BCUT2D eigenvalue weighted by Crippen LogP contribution is -2.56. The van der Waals surface area contributed by atoms with E-state index in [1.165, 1.54) is 13.5 Å². The van der Waals surface area contributed by atoms with E-state index in [0.717, 1.165) is 0 Å². The summed E-state index contributed by atoms with van der Waals surface area (Å²) in [6.07, 6.45) is 0.450. The van der Waals surface area contributed by atoms with E-state index in [-0.39, 0.29) is 25.3 Å². The number of nitrogens with zero attached hydrogens (tertiary/aromatic N) is 6. The van der Waals surface area contributed by atoms with Gasteiger partial charge in [-0.05, 0) is 0 Å². The molecule has 2 fully saturated rings. The van der Waals surface area contributed by atoms with E-state index in [0.29, 0.717) is 65.6 Å². The van der Waals surface area contributed by atoms with Gasteiger partial charge in [-0.2, -0.15) is 27.6 Å². The van der Waals surface area contributed by atoms with Gasteiger partial charge in [-0.15, -0.1) is 0 Å². The molecule has 0 aromatic carbocycles. The topological polar surface area (TPSA) is 121 Å². The molecule has 2 aliphatic rings. The summed E-state index contributed by atoms with van der Waals surface area (Å²) < 4.78 is 33.4. The second-order valence-corrected chi connectivity index (χ2v) is 8.32. The molecule has 150 valence electrons. The minimum atomic E-state index is -3.48. The molecule has 0 aromatic heterocycles. The Bertz CT molecular complexity index is 654. The molecule has 0 aromatic rings. The zero-order valence-corrected chi connectivity index (χ0v) is 16.2. The minimum absolute atomic E-state index is 0.134. The van der Waals surface area contributed by atoms with Gasteiger partial charge in [0.15, 0.2) is 0 Å². The third-order valence-corrected chi connectivity index (χ3v) is 6.69. The molecule has 0 spiro atoms. The molecule has 11 heteroatoms. The molecule has 1 amide bonds. The number of hydrogen-bond donors (Lipinski definition) is 0. The van der Waals surface area contributed by atoms with Gasteiger partial charge in [0.1, 0.15) is 0 Å². The van der Waals surface area contributed by atoms with Gasteiger partial charge in [-0.1, -0.05) is 0 Å². The van der Waals surface area contributed by atoms with Crippen LogP contribution in [0.3, 0.4) is 0 Å². The molecule has 0 unspecified atom stereocenters. The highest BCUT2D eigenvalue weighted by molar-refractivity contribution is 7.86. The van der Waals surface area contributed by atoms with Crippen LogP contribution in [0.2, 0.25) is 0 Å². The average molecular weight is 398 g/mol. The molecule has 2 aliphatic heterocycles. The van der Waals surface area contributed by atoms with Gasteiger partial charge in [0.25, 0.3) is 10.2 Å². The lowest BCUT2D eigenvalue weighted by molar-refractivity contribution is -0.132. The van der Waals surface area contributed by atoms with Crippen LogP contribution in [0, 0.1) is 22.7 Å². The molecule has 0 N–H and O–H groups in total. The summed E-state index contributed by atoms with van der Waals surface area (Å²) in [5, 5.41) is 17.4. The molecule has 0 aliphatic carbocycles. The molecule has 10 nitrogen and oxygen atoms in total. The Morgan fingerprint density at radius 2 is 1.44 bits per heavy atom. The molecular weight excluding hydrogens is 372 g/mol. The van der Waals surface area contributed by atoms with Crippen LogP contribution in [0.4, 0.5) is 0 Å².